The molecule has 1 aliphatic rings. The van der Waals surface area contributed by atoms with E-state index >= 15 is 0 Å². The molecule has 1 aliphatic heterocycles. The van der Waals surface area contributed by atoms with Gasteiger partial charge in [0.1, 0.15) is 12.0 Å². The number of pyridine rings is 1. The van der Waals surface area contributed by atoms with Crippen LogP contribution in [-0.2, 0) is 0 Å². The second-order valence-corrected chi connectivity index (χ2v) is 6.32. The number of anilines is 2. The molecule has 1 fully saturated rings. The van der Waals surface area contributed by atoms with E-state index in [1.807, 2.05) is 17.0 Å². The smallest absolute Gasteiger partial charge is 0.316 e. The topological polar surface area (TPSA) is 75.7 Å². The predicted molar refractivity (Wildman–Crippen MR) is 94.4 cm³/mol. The van der Waals surface area contributed by atoms with Crippen LogP contribution in [0.5, 0.6) is 0 Å². The average Bonchev–Trinajstić information content (AvgIpc) is 3.18. The van der Waals surface area contributed by atoms with E-state index in [2.05, 4.69) is 10.4 Å². The van der Waals surface area contributed by atoms with Crippen LogP contribution < -0.4 is 16.0 Å². The molecule has 134 valence electrons. The third kappa shape index (κ3) is 2.94. The lowest BCUT2D eigenvalue weighted by molar-refractivity contribution is 0.259. The van der Waals surface area contributed by atoms with Crippen LogP contribution in [0.3, 0.4) is 0 Å². The maximum absolute atomic E-state index is 14.2. The van der Waals surface area contributed by atoms with Gasteiger partial charge in [-0.25, -0.2) is 18.1 Å². The molecule has 0 saturated carbocycles. The summed E-state index contributed by atoms with van der Waals surface area (Å²) in [6.07, 6.45) is 2.51. The minimum absolute atomic E-state index is 0.212. The number of nitrogens with one attached hydrogen (secondary N) is 1. The monoisotopic (exact) mass is 357 g/mol. The van der Waals surface area contributed by atoms with Gasteiger partial charge in [0.25, 0.3) is 0 Å². The van der Waals surface area contributed by atoms with E-state index in [1.54, 1.807) is 22.8 Å². The number of hydrogen-bond acceptors (Lipinski definition) is 3. The molecular formula is C18H17F2N5O. The van der Waals surface area contributed by atoms with Crippen LogP contribution in [0, 0.1) is 5.82 Å². The van der Waals surface area contributed by atoms with E-state index in [0.29, 0.717) is 17.6 Å². The third-order valence-corrected chi connectivity index (χ3v) is 4.58. The maximum Gasteiger partial charge on any atom is 0.316 e. The molecule has 0 spiro atoms. The molecule has 6 nitrogen and oxygen atoms in total. The molecular weight excluding hydrogens is 340 g/mol. The predicted octanol–water partition coefficient (Wildman–Crippen LogP) is 3.25. The number of halogens is 2. The van der Waals surface area contributed by atoms with Crippen LogP contribution in [0.15, 0.2) is 48.8 Å². The second-order valence-electron chi connectivity index (χ2n) is 6.32. The Morgan fingerprint density at radius 3 is 2.92 bits per heavy atom. The Hall–Kier alpha value is -3.16. The number of aromatic nitrogens is 2. The number of hydrogen-bond donors (Lipinski definition) is 2. The molecule has 1 saturated heterocycles. The number of primary amides is 1. The number of nitrogens with two attached hydrogens (primary N) is 1. The lowest BCUT2D eigenvalue weighted by Crippen LogP contribution is -2.24. The number of carbonyl (C=O) groups excluding carboxylic acids is 1. The van der Waals surface area contributed by atoms with E-state index in [4.69, 9.17) is 5.73 Å². The highest BCUT2D eigenvalue weighted by atomic mass is 19.1. The Morgan fingerprint density at radius 2 is 2.15 bits per heavy atom. The van der Waals surface area contributed by atoms with Gasteiger partial charge in [-0.2, -0.15) is 5.10 Å². The largest absolute Gasteiger partial charge is 0.361 e. The zero-order chi connectivity index (χ0) is 18.3. The number of nitrogens with zero attached hydrogens (tertiary/aromatic N) is 3. The van der Waals surface area contributed by atoms with E-state index in [1.165, 1.54) is 18.3 Å². The number of urea groups is 1. The van der Waals surface area contributed by atoms with Crippen molar-refractivity contribution < 1.29 is 13.6 Å². The van der Waals surface area contributed by atoms with Crippen molar-refractivity contribution in [3.63, 3.8) is 0 Å². The molecule has 4 rings (SSSR count). The Balaban J connectivity index is 1.73. The zero-order valence-corrected chi connectivity index (χ0v) is 13.8. The summed E-state index contributed by atoms with van der Waals surface area (Å²) in [5.74, 6) is -0.344. The SMILES string of the molecule is NC(=O)Nc1cnn2ccc(N3C[C@@H](F)C[C@@H]3c3cccc(F)c3)cc12. The summed E-state index contributed by atoms with van der Waals surface area (Å²) in [6, 6.07) is 8.91. The van der Waals surface area contributed by atoms with Crippen molar-refractivity contribution in [2.45, 2.75) is 18.6 Å². The molecule has 0 radical (unpaired) electrons. The Labute approximate surface area is 148 Å². The highest BCUT2D eigenvalue weighted by Crippen LogP contribution is 2.38. The Morgan fingerprint density at radius 1 is 1.31 bits per heavy atom. The van der Waals surface area contributed by atoms with Crippen LogP contribution in [0.25, 0.3) is 5.52 Å². The zero-order valence-electron chi connectivity index (χ0n) is 13.8. The van der Waals surface area contributed by atoms with E-state index in [-0.39, 0.29) is 18.4 Å². The minimum atomic E-state index is -1.01. The number of amides is 2. The average molecular weight is 357 g/mol. The standard InChI is InChI=1S/C18H17F2N5O/c19-12-3-1-2-11(6-12)16-7-13(20)10-24(16)14-4-5-25-17(8-14)15(9-22-25)23-18(21)26/h1-6,8-9,13,16H,7,10H2,(H3,21,23,26)/t13-,16+/m0/s1. The molecule has 2 aromatic heterocycles. The number of alkyl halides is 1. The van der Waals surface area contributed by atoms with Crippen LogP contribution in [-0.4, -0.2) is 28.4 Å². The van der Waals surface area contributed by atoms with Gasteiger partial charge in [-0.05, 0) is 29.8 Å². The lowest BCUT2D eigenvalue weighted by atomic mass is 10.0. The van der Waals surface area contributed by atoms with Gasteiger partial charge in [0.05, 0.1) is 23.4 Å². The first kappa shape index (κ1) is 16.3. The van der Waals surface area contributed by atoms with Gasteiger partial charge in [-0.15, -0.1) is 0 Å². The molecule has 0 aliphatic carbocycles. The van der Waals surface area contributed by atoms with Gasteiger partial charge < -0.3 is 16.0 Å². The van der Waals surface area contributed by atoms with Gasteiger partial charge in [0.15, 0.2) is 0 Å². The molecule has 3 N–H and O–H groups in total. The van der Waals surface area contributed by atoms with Gasteiger partial charge in [0, 0.05) is 24.8 Å². The number of carbonyl (C=O) groups is 1. The van der Waals surface area contributed by atoms with Crippen molar-refractivity contribution in [3.05, 3.63) is 60.2 Å². The van der Waals surface area contributed by atoms with Crippen LogP contribution in [0.4, 0.5) is 25.0 Å². The fraction of sp³-hybridized carbons (Fsp3) is 0.222. The summed E-state index contributed by atoms with van der Waals surface area (Å²) < 4.78 is 29.4. The minimum Gasteiger partial charge on any atom is -0.361 e. The first-order chi connectivity index (χ1) is 12.5. The molecule has 3 heterocycles. The molecule has 2 atom stereocenters. The molecule has 3 aromatic rings. The summed E-state index contributed by atoms with van der Waals surface area (Å²) >= 11 is 0. The molecule has 8 heteroatoms. The summed E-state index contributed by atoms with van der Waals surface area (Å²) in [5, 5.41) is 6.67. The summed E-state index contributed by atoms with van der Waals surface area (Å²) in [7, 11) is 0. The summed E-state index contributed by atoms with van der Waals surface area (Å²) in [4.78, 5) is 13.0. The quantitative estimate of drug-likeness (QED) is 0.755. The Bertz CT molecular complexity index is 973. The second kappa shape index (κ2) is 6.29. The van der Waals surface area contributed by atoms with Gasteiger partial charge >= 0.3 is 6.03 Å². The normalized spacial score (nSPS) is 19.8. The summed E-state index contributed by atoms with van der Waals surface area (Å²) in [6.45, 7) is 0.212. The summed E-state index contributed by atoms with van der Waals surface area (Å²) in [5.41, 5.74) is 7.79. The van der Waals surface area contributed by atoms with Gasteiger partial charge in [0.2, 0.25) is 0 Å². The fourth-order valence-electron chi connectivity index (χ4n) is 3.48. The number of rotatable bonds is 3. The van der Waals surface area contributed by atoms with Crippen molar-refractivity contribution in [2.75, 3.05) is 16.8 Å². The Kier molecular flexibility index (Phi) is 3.95. The maximum atomic E-state index is 14.2. The highest BCUT2D eigenvalue weighted by Gasteiger charge is 2.33. The first-order valence-corrected chi connectivity index (χ1v) is 8.21. The van der Waals surface area contributed by atoms with Crippen molar-refractivity contribution in [1.29, 1.82) is 0 Å². The van der Waals surface area contributed by atoms with Crippen molar-refractivity contribution in [3.8, 4) is 0 Å². The highest BCUT2D eigenvalue weighted by molar-refractivity contribution is 5.93. The lowest BCUT2D eigenvalue weighted by Gasteiger charge is -2.27. The number of benzene rings is 1. The molecule has 1 aromatic carbocycles. The molecule has 0 unspecified atom stereocenters. The van der Waals surface area contributed by atoms with Crippen molar-refractivity contribution >= 4 is 22.9 Å². The van der Waals surface area contributed by atoms with E-state index in [9.17, 15) is 13.6 Å². The van der Waals surface area contributed by atoms with Crippen LogP contribution in [0.1, 0.15) is 18.0 Å². The van der Waals surface area contributed by atoms with Crippen LogP contribution in [0.2, 0.25) is 0 Å². The molecule has 0 bridgehead atoms. The van der Waals surface area contributed by atoms with Gasteiger partial charge in [-0.1, -0.05) is 12.1 Å². The van der Waals surface area contributed by atoms with Crippen molar-refractivity contribution in [2.24, 2.45) is 5.73 Å². The molecule has 26 heavy (non-hydrogen) atoms. The molecule has 2 amide bonds. The third-order valence-electron chi connectivity index (χ3n) is 4.58. The number of fused-ring (bicyclic) bond motifs is 1. The van der Waals surface area contributed by atoms with Gasteiger partial charge in [-0.3, -0.25) is 0 Å². The first-order valence-electron chi connectivity index (χ1n) is 8.21. The van der Waals surface area contributed by atoms with Crippen LogP contribution >= 0.6 is 0 Å². The van der Waals surface area contributed by atoms with E-state index < -0.39 is 12.2 Å². The van der Waals surface area contributed by atoms with Crippen molar-refractivity contribution in [1.82, 2.24) is 9.61 Å². The van der Waals surface area contributed by atoms with E-state index in [0.717, 1.165) is 11.3 Å². The fourth-order valence-corrected chi connectivity index (χ4v) is 3.48.